The summed E-state index contributed by atoms with van der Waals surface area (Å²) in [5.41, 5.74) is 2.69. The normalized spacial score (nSPS) is 10.7. The van der Waals surface area contributed by atoms with Gasteiger partial charge in [0.05, 0.1) is 11.4 Å². The number of thioether (sulfide) groups is 1. The first kappa shape index (κ1) is 18.3. The second kappa shape index (κ2) is 8.28. The fourth-order valence-corrected chi connectivity index (χ4v) is 3.70. The van der Waals surface area contributed by atoms with E-state index in [2.05, 4.69) is 59.4 Å². The molecule has 3 rings (SSSR count). The number of aromatic nitrogens is 4. The lowest BCUT2D eigenvalue weighted by molar-refractivity contribution is -0.113. The van der Waals surface area contributed by atoms with E-state index in [1.165, 1.54) is 11.8 Å². The van der Waals surface area contributed by atoms with Gasteiger partial charge in [-0.1, -0.05) is 27.7 Å². The van der Waals surface area contributed by atoms with Crippen LogP contribution in [-0.4, -0.2) is 31.9 Å². The molecule has 1 amide bonds. The number of amides is 1. The molecule has 0 saturated heterocycles. The minimum Gasteiger partial charge on any atom is -0.325 e. The van der Waals surface area contributed by atoms with Crippen molar-refractivity contribution in [2.45, 2.75) is 12.1 Å². The van der Waals surface area contributed by atoms with Gasteiger partial charge in [0.1, 0.15) is 0 Å². The summed E-state index contributed by atoms with van der Waals surface area (Å²) < 4.78 is 3.72. The molecule has 0 spiro atoms. The predicted octanol–water partition coefficient (Wildman–Crippen LogP) is 4.07. The van der Waals surface area contributed by atoms with E-state index in [1.807, 2.05) is 49.4 Å². The molecule has 0 aliphatic heterocycles. The zero-order valence-electron chi connectivity index (χ0n) is 13.1. The Morgan fingerprint density at radius 2 is 2.04 bits per heavy atom. The van der Waals surface area contributed by atoms with Gasteiger partial charge in [0.15, 0.2) is 0 Å². The number of hydrogen-bond donors (Lipinski definition) is 1. The molecule has 1 N–H and O–H groups in total. The number of hydrogen-bond acceptors (Lipinski definition) is 5. The first-order chi connectivity index (χ1) is 12.0. The second-order valence-corrected chi connectivity index (χ2v) is 8.25. The van der Waals surface area contributed by atoms with E-state index in [0.717, 1.165) is 25.0 Å². The van der Waals surface area contributed by atoms with Gasteiger partial charge in [-0.25, -0.2) is 0 Å². The summed E-state index contributed by atoms with van der Waals surface area (Å²) in [5, 5.41) is 15.2. The van der Waals surface area contributed by atoms with Crippen LogP contribution in [0.15, 0.2) is 52.1 Å². The van der Waals surface area contributed by atoms with E-state index in [0.29, 0.717) is 5.16 Å². The first-order valence-electron chi connectivity index (χ1n) is 7.26. The van der Waals surface area contributed by atoms with E-state index in [9.17, 15) is 4.79 Å². The van der Waals surface area contributed by atoms with Gasteiger partial charge in [-0.3, -0.25) is 4.79 Å². The maximum atomic E-state index is 12.2. The molecule has 0 radical (unpaired) electrons. The minimum absolute atomic E-state index is 0.0975. The summed E-state index contributed by atoms with van der Waals surface area (Å²) in [7, 11) is 0. The van der Waals surface area contributed by atoms with Gasteiger partial charge in [0.2, 0.25) is 11.1 Å². The summed E-state index contributed by atoms with van der Waals surface area (Å²) in [5.74, 6) is 0.127. The Morgan fingerprint density at radius 1 is 1.28 bits per heavy atom. The van der Waals surface area contributed by atoms with Crippen molar-refractivity contribution in [1.82, 2.24) is 20.2 Å². The molecule has 1 aromatic heterocycles. The van der Waals surface area contributed by atoms with Crippen molar-refractivity contribution in [2.75, 3.05) is 11.1 Å². The number of nitrogens with zero attached hydrogens (tertiary/aromatic N) is 4. The number of carbonyl (C=O) groups is 1. The van der Waals surface area contributed by atoms with Crippen molar-refractivity contribution >= 4 is 61.9 Å². The van der Waals surface area contributed by atoms with Crippen LogP contribution in [0.5, 0.6) is 0 Å². The second-order valence-electron chi connectivity index (χ2n) is 5.15. The van der Waals surface area contributed by atoms with Gasteiger partial charge in [-0.2, -0.15) is 4.68 Å². The average Bonchev–Trinajstić information content (AvgIpc) is 3.05. The lowest BCUT2D eigenvalue weighted by atomic mass is 10.2. The zero-order chi connectivity index (χ0) is 17.8. The molecular formula is C16H13BrIN5OS. The number of tetrazole rings is 1. The third-order valence-corrected chi connectivity index (χ3v) is 5.43. The number of aryl methyl sites for hydroxylation is 1. The van der Waals surface area contributed by atoms with Crippen LogP contribution in [0.2, 0.25) is 0 Å². The van der Waals surface area contributed by atoms with E-state index in [-0.39, 0.29) is 11.7 Å². The Labute approximate surface area is 171 Å². The average molecular weight is 530 g/mol. The highest BCUT2D eigenvalue weighted by Gasteiger charge is 2.12. The van der Waals surface area contributed by atoms with Crippen LogP contribution in [0.4, 0.5) is 5.69 Å². The molecule has 3 aromatic rings. The monoisotopic (exact) mass is 529 g/mol. The Kier molecular flexibility index (Phi) is 6.07. The lowest BCUT2D eigenvalue weighted by Crippen LogP contribution is -2.15. The summed E-state index contributed by atoms with van der Waals surface area (Å²) >= 11 is 6.94. The molecule has 128 valence electrons. The molecular weight excluding hydrogens is 517 g/mol. The number of benzene rings is 2. The molecule has 1 heterocycles. The molecule has 25 heavy (non-hydrogen) atoms. The number of nitrogens with one attached hydrogen (secondary N) is 1. The van der Waals surface area contributed by atoms with Crippen molar-refractivity contribution in [2.24, 2.45) is 0 Å². The van der Waals surface area contributed by atoms with Crippen LogP contribution in [0, 0.1) is 10.5 Å². The van der Waals surface area contributed by atoms with Crippen molar-refractivity contribution in [3.63, 3.8) is 0 Å². The van der Waals surface area contributed by atoms with Gasteiger partial charge in [0.25, 0.3) is 0 Å². The van der Waals surface area contributed by atoms with E-state index in [4.69, 9.17) is 0 Å². The Balaban J connectivity index is 1.65. The van der Waals surface area contributed by atoms with Gasteiger partial charge in [0, 0.05) is 13.7 Å². The van der Waals surface area contributed by atoms with Crippen LogP contribution in [0.1, 0.15) is 5.56 Å². The number of halogens is 2. The summed E-state index contributed by atoms with van der Waals surface area (Å²) in [6.45, 7) is 1.97. The van der Waals surface area contributed by atoms with Gasteiger partial charge < -0.3 is 5.32 Å². The number of anilines is 1. The lowest BCUT2D eigenvalue weighted by Gasteiger charge is -2.08. The fraction of sp³-hybridized carbons (Fsp3) is 0.125. The molecule has 2 aromatic carbocycles. The third-order valence-electron chi connectivity index (χ3n) is 3.31. The highest BCUT2D eigenvalue weighted by atomic mass is 127. The minimum atomic E-state index is -0.0975. The molecule has 9 heteroatoms. The molecule has 0 saturated carbocycles. The Hall–Kier alpha value is -1.46. The summed E-state index contributed by atoms with van der Waals surface area (Å²) in [6.07, 6.45) is 0. The zero-order valence-corrected chi connectivity index (χ0v) is 17.7. The van der Waals surface area contributed by atoms with Crippen LogP contribution in [0.3, 0.4) is 0 Å². The van der Waals surface area contributed by atoms with Crippen LogP contribution in [-0.2, 0) is 4.79 Å². The maximum Gasteiger partial charge on any atom is 0.234 e. The van der Waals surface area contributed by atoms with Crippen LogP contribution < -0.4 is 5.32 Å². The summed E-state index contributed by atoms with van der Waals surface area (Å²) in [4.78, 5) is 12.2. The highest BCUT2D eigenvalue weighted by molar-refractivity contribution is 14.1. The number of rotatable bonds is 5. The quantitative estimate of drug-likeness (QED) is 0.398. The fourth-order valence-electron chi connectivity index (χ4n) is 2.10. The topological polar surface area (TPSA) is 72.7 Å². The molecule has 0 bridgehead atoms. The molecule has 6 nitrogen and oxygen atoms in total. The van der Waals surface area contributed by atoms with Crippen LogP contribution >= 0.6 is 50.3 Å². The smallest absolute Gasteiger partial charge is 0.234 e. The Bertz CT molecular complexity index is 900. The van der Waals surface area contributed by atoms with Crippen molar-refractivity contribution in [3.8, 4) is 5.69 Å². The Morgan fingerprint density at radius 3 is 2.76 bits per heavy atom. The summed E-state index contributed by atoms with van der Waals surface area (Å²) in [6, 6.07) is 13.5. The van der Waals surface area contributed by atoms with Gasteiger partial charge in [-0.15, -0.1) is 5.10 Å². The molecule has 0 unspecified atom stereocenters. The SMILES string of the molecule is Cc1cc(I)ccc1NC(=O)CSc1nnnn1-c1ccc(Br)cc1. The standard InChI is InChI=1S/C16H13BrIN5OS/c1-10-8-12(18)4-7-14(10)19-15(24)9-25-16-20-21-22-23(16)13-5-2-11(17)3-6-13/h2-8H,9H2,1H3,(H,19,24). The van der Waals surface area contributed by atoms with E-state index < -0.39 is 0 Å². The maximum absolute atomic E-state index is 12.2. The van der Waals surface area contributed by atoms with E-state index >= 15 is 0 Å². The molecule has 0 fully saturated rings. The van der Waals surface area contributed by atoms with Gasteiger partial charge >= 0.3 is 0 Å². The van der Waals surface area contributed by atoms with Crippen molar-refractivity contribution in [3.05, 3.63) is 56.1 Å². The third kappa shape index (κ3) is 4.79. The molecule has 0 aliphatic rings. The molecule has 0 aliphatic carbocycles. The van der Waals surface area contributed by atoms with Crippen molar-refractivity contribution < 1.29 is 4.79 Å². The van der Waals surface area contributed by atoms with Crippen LogP contribution in [0.25, 0.3) is 5.69 Å². The molecule has 0 atom stereocenters. The number of carbonyl (C=O) groups excluding carboxylic acids is 1. The largest absolute Gasteiger partial charge is 0.325 e. The highest BCUT2D eigenvalue weighted by Crippen LogP contribution is 2.21. The van der Waals surface area contributed by atoms with Gasteiger partial charge in [-0.05, 0) is 88.0 Å². The van der Waals surface area contributed by atoms with E-state index in [1.54, 1.807) is 4.68 Å². The first-order valence-corrected chi connectivity index (χ1v) is 10.1. The predicted molar refractivity (Wildman–Crippen MR) is 110 cm³/mol. The van der Waals surface area contributed by atoms with Crippen molar-refractivity contribution in [1.29, 1.82) is 0 Å².